The fraction of sp³-hybridized carbons (Fsp3) is 0.625. The van der Waals surface area contributed by atoms with Gasteiger partial charge in [0.2, 0.25) is 0 Å². The van der Waals surface area contributed by atoms with Gasteiger partial charge in [0.05, 0.1) is 7.11 Å². The molecule has 24 heavy (non-hydrogen) atoms. The van der Waals surface area contributed by atoms with Crippen LogP contribution < -0.4 is 10.6 Å². The molecule has 8 heteroatoms. The van der Waals surface area contributed by atoms with Crippen molar-refractivity contribution in [2.45, 2.75) is 33.7 Å². The predicted molar refractivity (Wildman–Crippen MR) is 104 cm³/mol. The summed E-state index contributed by atoms with van der Waals surface area (Å²) in [5.41, 5.74) is 0.437. The van der Waals surface area contributed by atoms with Gasteiger partial charge in [-0.2, -0.15) is 0 Å². The van der Waals surface area contributed by atoms with Gasteiger partial charge in [-0.3, -0.25) is 0 Å². The smallest absolute Gasteiger partial charge is 0.341 e. The average Bonchev–Trinajstić information content (AvgIpc) is 2.92. The van der Waals surface area contributed by atoms with Crippen molar-refractivity contribution in [2.75, 3.05) is 33.4 Å². The molecule has 1 heterocycles. The lowest BCUT2D eigenvalue weighted by atomic mass is 10.2. The van der Waals surface area contributed by atoms with Crippen molar-refractivity contribution in [2.24, 2.45) is 4.99 Å². The minimum atomic E-state index is -0.401. The number of hydrogen-bond acceptors (Lipinski definition) is 5. The van der Waals surface area contributed by atoms with Crippen LogP contribution in [-0.4, -0.2) is 45.3 Å². The number of carbonyl (C=O) groups is 1. The summed E-state index contributed by atoms with van der Waals surface area (Å²) in [6, 6.07) is 1.67. The molecule has 0 aromatic carbocycles. The third-order valence-corrected chi connectivity index (χ3v) is 3.07. The molecule has 1 aromatic heterocycles. The van der Waals surface area contributed by atoms with Gasteiger partial charge in [-0.05, 0) is 33.3 Å². The molecule has 0 saturated heterocycles. The van der Waals surface area contributed by atoms with E-state index in [1.165, 1.54) is 7.11 Å². The van der Waals surface area contributed by atoms with E-state index in [0.29, 0.717) is 29.6 Å². The summed E-state index contributed by atoms with van der Waals surface area (Å²) in [5, 5.41) is 6.39. The monoisotopic (exact) mass is 453 g/mol. The number of nitrogens with zero attached hydrogens (tertiary/aromatic N) is 1. The van der Waals surface area contributed by atoms with Crippen molar-refractivity contribution in [3.63, 3.8) is 0 Å². The molecule has 0 aliphatic rings. The summed E-state index contributed by atoms with van der Waals surface area (Å²) >= 11 is 0. The van der Waals surface area contributed by atoms with Gasteiger partial charge in [-0.1, -0.05) is 0 Å². The van der Waals surface area contributed by atoms with Gasteiger partial charge >= 0.3 is 5.97 Å². The molecule has 0 fully saturated rings. The highest BCUT2D eigenvalue weighted by Crippen LogP contribution is 2.16. The van der Waals surface area contributed by atoms with Crippen LogP contribution in [0.5, 0.6) is 0 Å². The number of ether oxygens (including phenoxy) is 2. The van der Waals surface area contributed by atoms with Crippen LogP contribution in [0.3, 0.4) is 0 Å². The van der Waals surface area contributed by atoms with Crippen molar-refractivity contribution < 1.29 is 18.7 Å². The number of rotatable bonds is 9. The quantitative estimate of drug-likeness (QED) is 0.197. The van der Waals surface area contributed by atoms with E-state index in [4.69, 9.17) is 13.9 Å². The Bertz CT molecular complexity index is 517. The van der Waals surface area contributed by atoms with Crippen molar-refractivity contribution in [3.05, 3.63) is 23.2 Å². The molecule has 0 saturated carbocycles. The van der Waals surface area contributed by atoms with Gasteiger partial charge in [-0.15, -0.1) is 24.0 Å². The Balaban J connectivity index is 0.00000529. The van der Waals surface area contributed by atoms with Gasteiger partial charge in [-0.25, -0.2) is 9.79 Å². The number of carbonyl (C=O) groups excluding carboxylic acids is 1. The topological polar surface area (TPSA) is 85.1 Å². The van der Waals surface area contributed by atoms with Gasteiger partial charge in [0, 0.05) is 26.3 Å². The number of hydrogen-bond donors (Lipinski definition) is 2. The normalized spacial score (nSPS) is 10.9. The maximum Gasteiger partial charge on any atom is 0.341 e. The highest BCUT2D eigenvalue weighted by atomic mass is 127. The first-order valence-electron chi connectivity index (χ1n) is 7.89. The standard InChI is InChI=1S/C16H27N3O4.HI/c1-5-17-16(18-8-7-9-22-6-2)19-11-13-10-14(12(3)23-13)15(20)21-4;/h10H,5-9,11H2,1-4H3,(H2,17,18,19);1H. The van der Waals surface area contributed by atoms with Gasteiger partial charge in [0.15, 0.2) is 5.96 Å². The van der Waals surface area contributed by atoms with Gasteiger partial charge < -0.3 is 24.5 Å². The zero-order valence-corrected chi connectivity index (χ0v) is 17.1. The first-order chi connectivity index (χ1) is 11.1. The van der Waals surface area contributed by atoms with E-state index in [-0.39, 0.29) is 24.0 Å². The Morgan fingerprint density at radius 1 is 1.33 bits per heavy atom. The molecule has 0 aliphatic heterocycles. The summed E-state index contributed by atoms with van der Waals surface area (Å²) < 4.78 is 15.5. The Hall–Kier alpha value is -1.29. The van der Waals surface area contributed by atoms with E-state index in [1.54, 1.807) is 13.0 Å². The molecule has 0 unspecified atom stereocenters. The predicted octanol–water partition coefficient (Wildman–Crippen LogP) is 2.47. The van der Waals surface area contributed by atoms with E-state index in [1.807, 2.05) is 13.8 Å². The highest BCUT2D eigenvalue weighted by Gasteiger charge is 2.15. The fourth-order valence-corrected chi connectivity index (χ4v) is 1.96. The van der Waals surface area contributed by atoms with Crippen LogP contribution >= 0.6 is 24.0 Å². The number of guanidine groups is 1. The molecule has 0 bridgehead atoms. The SMILES string of the molecule is CCNC(=NCc1cc(C(=O)OC)c(C)o1)NCCCOCC.I. The Morgan fingerprint density at radius 3 is 2.71 bits per heavy atom. The van der Waals surface area contributed by atoms with E-state index in [9.17, 15) is 4.79 Å². The summed E-state index contributed by atoms with van der Waals surface area (Å²) in [7, 11) is 1.35. The van der Waals surface area contributed by atoms with Crippen LogP contribution in [0.2, 0.25) is 0 Å². The molecule has 7 nitrogen and oxygen atoms in total. The van der Waals surface area contributed by atoms with E-state index < -0.39 is 5.97 Å². The fourth-order valence-electron chi connectivity index (χ4n) is 1.96. The molecule has 2 N–H and O–H groups in total. The van der Waals surface area contributed by atoms with Gasteiger partial charge in [0.25, 0.3) is 0 Å². The summed E-state index contributed by atoms with van der Waals surface area (Å²) in [6.07, 6.45) is 0.907. The number of aryl methyl sites for hydroxylation is 1. The second kappa shape index (κ2) is 13.1. The lowest BCUT2D eigenvalue weighted by Crippen LogP contribution is -2.38. The molecule has 0 atom stereocenters. The van der Waals surface area contributed by atoms with Crippen LogP contribution in [0, 0.1) is 6.92 Å². The zero-order valence-electron chi connectivity index (χ0n) is 14.8. The lowest BCUT2D eigenvalue weighted by molar-refractivity contribution is 0.0599. The van der Waals surface area contributed by atoms with Crippen molar-refractivity contribution in [1.82, 2.24) is 10.6 Å². The highest BCUT2D eigenvalue weighted by molar-refractivity contribution is 14.0. The number of aliphatic imine (C=N–C) groups is 1. The number of furan rings is 1. The molecule has 138 valence electrons. The third-order valence-electron chi connectivity index (χ3n) is 3.07. The molecular weight excluding hydrogens is 425 g/mol. The van der Waals surface area contributed by atoms with Crippen LogP contribution in [0.15, 0.2) is 15.5 Å². The maximum atomic E-state index is 11.6. The van der Waals surface area contributed by atoms with E-state index in [0.717, 1.165) is 32.7 Å². The molecule has 1 aromatic rings. The summed E-state index contributed by atoms with van der Waals surface area (Å²) in [4.78, 5) is 16.0. The van der Waals surface area contributed by atoms with E-state index >= 15 is 0 Å². The summed E-state index contributed by atoms with van der Waals surface area (Å²) in [6.45, 7) is 9.06. The maximum absolute atomic E-state index is 11.6. The van der Waals surface area contributed by atoms with Crippen LogP contribution in [-0.2, 0) is 16.0 Å². The molecule has 0 radical (unpaired) electrons. The van der Waals surface area contributed by atoms with Crippen molar-refractivity contribution in [1.29, 1.82) is 0 Å². The van der Waals surface area contributed by atoms with Crippen molar-refractivity contribution in [3.8, 4) is 0 Å². The number of methoxy groups -OCH3 is 1. The summed E-state index contributed by atoms with van der Waals surface area (Å²) in [5.74, 6) is 1.46. The molecular formula is C16H28IN3O4. The molecule has 0 aliphatic carbocycles. The minimum absolute atomic E-state index is 0. The zero-order chi connectivity index (χ0) is 17.1. The Morgan fingerprint density at radius 2 is 2.08 bits per heavy atom. The van der Waals surface area contributed by atoms with Crippen LogP contribution in [0.1, 0.15) is 42.1 Å². The second-order valence-corrected chi connectivity index (χ2v) is 4.85. The Kier molecular flexibility index (Phi) is 12.4. The lowest BCUT2D eigenvalue weighted by Gasteiger charge is -2.10. The van der Waals surface area contributed by atoms with E-state index in [2.05, 4.69) is 15.6 Å². The average molecular weight is 453 g/mol. The van der Waals surface area contributed by atoms with Crippen LogP contribution in [0.25, 0.3) is 0 Å². The third kappa shape index (κ3) is 8.00. The van der Waals surface area contributed by atoms with Crippen LogP contribution in [0.4, 0.5) is 0 Å². The number of nitrogens with one attached hydrogen (secondary N) is 2. The molecule has 0 spiro atoms. The second-order valence-electron chi connectivity index (χ2n) is 4.85. The number of esters is 1. The first kappa shape index (κ1) is 22.7. The van der Waals surface area contributed by atoms with Crippen molar-refractivity contribution >= 4 is 35.9 Å². The Labute approximate surface area is 160 Å². The largest absolute Gasteiger partial charge is 0.465 e. The molecule has 1 rings (SSSR count). The first-order valence-corrected chi connectivity index (χ1v) is 7.89. The molecule has 0 amide bonds. The number of halogens is 1. The van der Waals surface area contributed by atoms with Gasteiger partial charge in [0.1, 0.15) is 23.6 Å². The minimum Gasteiger partial charge on any atom is -0.465 e.